The lowest BCUT2D eigenvalue weighted by atomic mass is 9.96. The summed E-state index contributed by atoms with van der Waals surface area (Å²) < 4.78 is 0. The van der Waals surface area contributed by atoms with Crippen molar-refractivity contribution < 1.29 is 19.7 Å². The first-order chi connectivity index (χ1) is 6.50. The van der Waals surface area contributed by atoms with Gasteiger partial charge in [0.2, 0.25) is 0 Å². The van der Waals surface area contributed by atoms with Gasteiger partial charge in [0.25, 0.3) is 0 Å². The van der Waals surface area contributed by atoms with Crippen LogP contribution in [-0.2, 0) is 14.6 Å². The molecule has 0 aromatic carbocycles. The number of carbonyl (C=O) groups is 1. The molecule has 0 aromatic rings. The van der Waals surface area contributed by atoms with Crippen molar-refractivity contribution in [3.8, 4) is 0 Å². The van der Waals surface area contributed by atoms with Crippen LogP contribution in [0.25, 0.3) is 0 Å². The summed E-state index contributed by atoms with van der Waals surface area (Å²) in [5, 5.41) is 8.75. The van der Waals surface area contributed by atoms with Gasteiger partial charge in [-0.05, 0) is 20.3 Å². The standard InChI is InChI=1S/C10H20O4/c1-4-5-6-7-13-14-8-10(2,3)9(11)12/h4-8H2,1-3H3,(H,11,12). The number of unbranched alkanes of at least 4 members (excludes halogenated alkanes) is 2. The quantitative estimate of drug-likeness (QED) is 0.374. The Hall–Kier alpha value is -0.610. The monoisotopic (exact) mass is 204 g/mol. The summed E-state index contributed by atoms with van der Waals surface area (Å²) in [4.78, 5) is 20.3. The normalized spacial score (nSPS) is 11.6. The minimum absolute atomic E-state index is 0.0778. The van der Waals surface area contributed by atoms with E-state index < -0.39 is 11.4 Å². The Morgan fingerprint density at radius 1 is 1.29 bits per heavy atom. The van der Waals surface area contributed by atoms with Crippen molar-refractivity contribution in [3.63, 3.8) is 0 Å². The van der Waals surface area contributed by atoms with Crippen molar-refractivity contribution in [3.05, 3.63) is 0 Å². The van der Waals surface area contributed by atoms with Crippen LogP contribution in [0.5, 0.6) is 0 Å². The molecule has 14 heavy (non-hydrogen) atoms. The van der Waals surface area contributed by atoms with E-state index in [1.807, 2.05) is 0 Å². The second-order valence-electron chi connectivity index (χ2n) is 3.98. The van der Waals surface area contributed by atoms with E-state index in [0.29, 0.717) is 6.61 Å². The summed E-state index contributed by atoms with van der Waals surface area (Å²) in [5.41, 5.74) is -0.884. The van der Waals surface area contributed by atoms with E-state index in [2.05, 4.69) is 6.92 Å². The Balaban J connectivity index is 3.40. The lowest BCUT2D eigenvalue weighted by Gasteiger charge is -2.17. The maximum atomic E-state index is 10.7. The average Bonchev–Trinajstić information content (AvgIpc) is 2.10. The molecule has 0 aliphatic rings. The molecule has 0 amide bonds. The minimum atomic E-state index is -0.884. The van der Waals surface area contributed by atoms with Crippen LogP contribution < -0.4 is 0 Å². The Labute approximate surface area is 85.1 Å². The fourth-order valence-electron chi connectivity index (χ4n) is 0.721. The second-order valence-corrected chi connectivity index (χ2v) is 3.98. The maximum absolute atomic E-state index is 10.7. The highest BCUT2D eigenvalue weighted by molar-refractivity contribution is 5.73. The van der Waals surface area contributed by atoms with Gasteiger partial charge in [-0.1, -0.05) is 19.8 Å². The second kappa shape index (κ2) is 6.79. The number of hydrogen-bond acceptors (Lipinski definition) is 3. The molecule has 0 spiro atoms. The summed E-state index contributed by atoms with van der Waals surface area (Å²) >= 11 is 0. The van der Waals surface area contributed by atoms with Gasteiger partial charge in [0.1, 0.15) is 0 Å². The van der Waals surface area contributed by atoms with E-state index in [1.54, 1.807) is 13.8 Å². The molecule has 1 N–H and O–H groups in total. The highest BCUT2D eigenvalue weighted by Gasteiger charge is 2.27. The Bertz CT molecular complexity index is 166. The Kier molecular flexibility index (Phi) is 6.49. The van der Waals surface area contributed by atoms with E-state index in [1.165, 1.54) is 0 Å². The van der Waals surface area contributed by atoms with Gasteiger partial charge in [0, 0.05) is 0 Å². The van der Waals surface area contributed by atoms with Crippen LogP contribution in [0.2, 0.25) is 0 Å². The number of aliphatic carboxylic acids is 1. The predicted molar refractivity (Wildman–Crippen MR) is 52.8 cm³/mol. The highest BCUT2D eigenvalue weighted by atomic mass is 17.2. The Morgan fingerprint density at radius 2 is 1.93 bits per heavy atom. The van der Waals surface area contributed by atoms with Crippen LogP contribution in [0.3, 0.4) is 0 Å². The molecule has 84 valence electrons. The zero-order chi connectivity index (χ0) is 11.0. The summed E-state index contributed by atoms with van der Waals surface area (Å²) in [6.07, 6.45) is 3.18. The van der Waals surface area contributed by atoms with Crippen molar-refractivity contribution in [2.24, 2.45) is 5.41 Å². The van der Waals surface area contributed by atoms with Crippen molar-refractivity contribution in [2.45, 2.75) is 40.0 Å². The maximum Gasteiger partial charge on any atom is 0.311 e. The molecule has 0 aliphatic carbocycles. The van der Waals surface area contributed by atoms with Crippen LogP contribution in [0.4, 0.5) is 0 Å². The van der Waals surface area contributed by atoms with Gasteiger partial charge in [-0.3, -0.25) is 4.79 Å². The van der Waals surface area contributed by atoms with E-state index in [4.69, 9.17) is 14.9 Å². The van der Waals surface area contributed by atoms with Gasteiger partial charge < -0.3 is 5.11 Å². The van der Waals surface area contributed by atoms with Crippen molar-refractivity contribution in [1.29, 1.82) is 0 Å². The van der Waals surface area contributed by atoms with E-state index in [9.17, 15) is 4.79 Å². The van der Waals surface area contributed by atoms with Gasteiger partial charge in [0.05, 0.1) is 18.6 Å². The average molecular weight is 204 g/mol. The third kappa shape index (κ3) is 5.94. The molecule has 4 nitrogen and oxygen atoms in total. The largest absolute Gasteiger partial charge is 0.481 e. The van der Waals surface area contributed by atoms with Crippen molar-refractivity contribution in [1.82, 2.24) is 0 Å². The fourth-order valence-corrected chi connectivity index (χ4v) is 0.721. The first-order valence-corrected chi connectivity index (χ1v) is 4.98. The van der Waals surface area contributed by atoms with Crippen molar-refractivity contribution in [2.75, 3.05) is 13.2 Å². The van der Waals surface area contributed by atoms with Gasteiger partial charge in [-0.15, -0.1) is 0 Å². The summed E-state index contributed by atoms with van der Waals surface area (Å²) in [6.45, 7) is 5.92. The van der Waals surface area contributed by atoms with E-state index in [-0.39, 0.29) is 6.61 Å². The van der Waals surface area contributed by atoms with Crippen LogP contribution in [0.1, 0.15) is 40.0 Å². The number of hydrogen-bond donors (Lipinski definition) is 1. The molecule has 0 heterocycles. The van der Waals surface area contributed by atoms with Crippen LogP contribution >= 0.6 is 0 Å². The third-order valence-corrected chi connectivity index (χ3v) is 1.91. The summed E-state index contributed by atoms with van der Waals surface area (Å²) in [5.74, 6) is -0.880. The summed E-state index contributed by atoms with van der Waals surface area (Å²) in [6, 6.07) is 0. The van der Waals surface area contributed by atoms with Crippen LogP contribution in [0, 0.1) is 5.41 Å². The van der Waals surface area contributed by atoms with Gasteiger partial charge >= 0.3 is 5.97 Å². The lowest BCUT2D eigenvalue weighted by molar-refractivity contribution is -0.307. The molecule has 0 saturated carbocycles. The first-order valence-electron chi connectivity index (χ1n) is 4.98. The van der Waals surface area contributed by atoms with Gasteiger partial charge in [0.15, 0.2) is 0 Å². The molecular formula is C10H20O4. The Morgan fingerprint density at radius 3 is 2.43 bits per heavy atom. The third-order valence-electron chi connectivity index (χ3n) is 1.91. The van der Waals surface area contributed by atoms with Crippen LogP contribution in [0.15, 0.2) is 0 Å². The highest BCUT2D eigenvalue weighted by Crippen LogP contribution is 2.15. The SMILES string of the molecule is CCCCCOOCC(C)(C)C(=O)O. The molecule has 0 rings (SSSR count). The topological polar surface area (TPSA) is 55.8 Å². The smallest absolute Gasteiger partial charge is 0.311 e. The van der Waals surface area contributed by atoms with Gasteiger partial charge in [-0.25, -0.2) is 9.78 Å². The molecule has 4 heteroatoms. The molecule has 0 saturated heterocycles. The molecule has 0 aliphatic heterocycles. The summed E-state index contributed by atoms with van der Waals surface area (Å²) in [7, 11) is 0. The van der Waals surface area contributed by atoms with Gasteiger partial charge in [-0.2, -0.15) is 0 Å². The molecule has 0 aromatic heterocycles. The minimum Gasteiger partial charge on any atom is -0.481 e. The lowest BCUT2D eigenvalue weighted by Crippen LogP contribution is -2.29. The molecular weight excluding hydrogens is 184 g/mol. The van der Waals surface area contributed by atoms with Crippen LogP contribution in [-0.4, -0.2) is 24.3 Å². The zero-order valence-corrected chi connectivity index (χ0v) is 9.21. The molecule has 0 bridgehead atoms. The first kappa shape index (κ1) is 13.4. The number of rotatable bonds is 8. The fraction of sp³-hybridized carbons (Fsp3) is 0.900. The molecule has 0 fully saturated rings. The van der Waals surface area contributed by atoms with E-state index in [0.717, 1.165) is 19.3 Å². The number of carboxylic acid groups (broad SMARTS) is 1. The molecule has 0 atom stereocenters. The van der Waals surface area contributed by atoms with Crippen molar-refractivity contribution >= 4 is 5.97 Å². The predicted octanol–water partition coefficient (Wildman–Crippen LogP) is 2.24. The zero-order valence-electron chi connectivity index (χ0n) is 9.21. The van der Waals surface area contributed by atoms with E-state index >= 15 is 0 Å². The molecule has 0 unspecified atom stereocenters. The number of carboxylic acids is 1. The molecule has 0 radical (unpaired) electrons.